The van der Waals surface area contributed by atoms with Gasteiger partial charge in [-0.1, -0.05) is 39.0 Å². The minimum absolute atomic E-state index is 0.176. The van der Waals surface area contributed by atoms with Gasteiger partial charge in [-0.3, -0.25) is 0 Å². The van der Waals surface area contributed by atoms with Gasteiger partial charge in [0.05, 0.1) is 13.2 Å². The van der Waals surface area contributed by atoms with Gasteiger partial charge in [-0.2, -0.15) is 0 Å². The van der Waals surface area contributed by atoms with E-state index in [9.17, 15) is 9.90 Å². The summed E-state index contributed by atoms with van der Waals surface area (Å²) in [4.78, 5) is 11.6. The molecule has 0 unspecified atom stereocenters. The van der Waals surface area contributed by atoms with Crippen LogP contribution in [-0.2, 0) is 23.7 Å². The summed E-state index contributed by atoms with van der Waals surface area (Å²) in [6.07, 6.45) is 5.65. The fourth-order valence-corrected chi connectivity index (χ4v) is 2.78. The summed E-state index contributed by atoms with van der Waals surface area (Å²) in [5.74, 6) is -1.76. The Labute approximate surface area is 137 Å². The third-order valence-electron chi connectivity index (χ3n) is 4.04. The van der Waals surface area contributed by atoms with Crippen LogP contribution in [0.15, 0.2) is 11.5 Å². The van der Waals surface area contributed by atoms with Gasteiger partial charge in [-0.05, 0) is 20.3 Å². The van der Waals surface area contributed by atoms with Crippen molar-refractivity contribution in [2.75, 3.05) is 13.2 Å². The highest BCUT2D eigenvalue weighted by Gasteiger charge is 2.47. The van der Waals surface area contributed by atoms with Crippen LogP contribution in [0, 0.1) is 0 Å². The Bertz CT molecular complexity index is 442. The van der Waals surface area contributed by atoms with E-state index in [1.807, 2.05) is 0 Å². The number of carbonyl (C=O) groups is 1. The van der Waals surface area contributed by atoms with Crippen LogP contribution >= 0.6 is 0 Å². The van der Waals surface area contributed by atoms with Crippen LogP contribution in [0.25, 0.3) is 0 Å². The van der Waals surface area contributed by atoms with Crippen molar-refractivity contribution >= 4 is 5.97 Å². The molecule has 0 aromatic heterocycles. The summed E-state index contributed by atoms with van der Waals surface area (Å²) < 4.78 is 22.0. The van der Waals surface area contributed by atoms with Gasteiger partial charge >= 0.3 is 5.97 Å². The van der Waals surface area contributed by atoms with E-state index < -0.39 is 29.7 Å². The maximum Gasteiger partial charge on any atom is 0.378 e. The molecule has 0 aromatic carbocycles. The second kappa shape index (κ2) is 8.02. The van der Waals surface area contributed by atoms with Gasteiger partial charge in [0.1, 0.15) is 6.10 Å². The summed E-state index contributed by atoms with van der Waals surface area (Å²) in [7, 11) is 0. The minimum Gasteiger partial charge on any atom is -0.499 e. The molecule has 0 amide bonds. The van der Waals surface area contributed by atoms with E-state index in [2.05, 4.69) is 6.92 Å². The van der Waals surface area contributed by atoms with Crippen molar-refractivity contribution < 1.29 is 28.8 Å². The second-order valence-electron chi connectivity index (χ2n) is 6.52. The van der Waals surface area contributed by atoms with Crippen LogP contribution in [-0.4, -0.2) is 42.3 Å². The molecule has 1 fully saturated rings. The fourth-order valence-electron chi connectivity index (χ4n) is 2.78. The SMILES string of the molecule is CCCCCCCCOC1=C(O)C(=O)O[C@@H]1[C@@H]1COC(C)(C)O1. The number of ether oxygens (including phenoxy) is 4. The van der Waals surface area contributed by atoms with Crippen LogP contribution in [0.2, 0.25) is 0 Å². The van der Waals surface area contributed by atoms with Gasteiger partial charge in [-0.15, -0.1) is 0 Å². The molecule has 2 atom stereocenters. The molecule has 2 aliphatic rings. The molecule has 2 aliphatic heterocycles. The maximum atomic E-state index is 11.6. The van der Waals surface area contributed by atoms with E-state index in [1.165, 1.54) is 25.7 Å². The Morgan fingerprint density at radius 3 is 2.57 bits per heavy atom. The van der Waals surface area contributed by atoms with E-state index in [1.54, 1.807) is 13.8 Å². The summed E-state index contributed by atoms with van der Waals surface area (Å²) in [6, 6.07) is 0. The lowest BCUT2D eigenvalue weighted by Gasteiger charge is -2.21. The highest BCUT2D eigenvalue weighted by Crippen LogP contribution is 2.33. The molecule has 6 nitrogen and oxygen atoms in total. The molecule has 6 heteroatoms. The zero-order valence-electron chi connectivity index (χ0n) is 14.3. The average Bonchev–Trinajstić information content (AvgIpc) is 3.00. The Morgan fingerprint density at radius 1 is 1.22 bits per heavy atom. The molecule has 0 aromatic rings. The first-order valence-electron chi connectivity index (χ1n) is 8.53. The number of aliphatic hydroxyl groups excluding tert-OH is 1. The van der Waals surface area contributed by atoms with Crippen molar-refractivity contribution in [1.29, 1.82) is 0 Å². The summed E-state index contributed by atoms with van der Waals surface area (Å²) in [5.41, 5.74) is 0. The summed E-state index contributed by atoms with van der Waals surface area (Å²) in [5, 5.41) is 9.87. The van der Waals surface area contributed by atoms with Gasteiger partial charge in [0.2, 0.25) is 5.76 Å². The van der Waals surface area contributed by atoms with Crippen LogP contribution in [0.5, 0.6) is 0 Å². The van der Waals surface area contributed by atoms with Crippen LogP contribution in [0.4, 0.5) is 0 Å². The standard InChI is InChI=1S/C17H28O6/c1-4-5-6-7-8-9-10-20-15-13(18)16(19)22-14(15)12-11-21-17(2,3)23-12/h12,14,18H,4-11H2,1-3H3/t12-,14+/m0/s1. The first-order valence-corrected chi connectivity index (χ1v) is 8.53. The highest BCUT2D eigenvalue weighted by atomic mass is 16.8. The molecule has 1 saturated heterocycles. The Balaban J connectivity index is 1.81. The van der Waals surface area contributed by atoms with Gasteiger partial charge in [-0.25, -0.2) is 4.79 Å². The number of rotatable bonds is 9. The largest absolute Gasteiger partial charge is 0.499 e. The second-order valence-corrected chi connectivity index (χ2v) is 6.52. The predicted octanol–water partition coefficient (Wildman–Crippen LogP) is 3.21. The molecule has 0 radical (unpaired) electrons. The summed E-state index contributed by atoms with van der Waals surface area (Å²) >= 11 is 0. The zero-order valence-corrected chi connectivity index (χ0v) is 14.3. The average molecular weight is 328 g/mol. The van der Waals surface area contributed by atoms with Gasteiger partial charge in [0.15, 0.2) is 17.7 Å². The third kappa shape index (κ3) is 4.85. The maximum absolute atomic E-state index is 11.6. The third-order valence-corrected chi connectivity index (χ3v) is 4.04. The van der Waals surface area contributed by atoms with Crippen molar-refractivity contribution in [3.63, 3.8) is 0 Å². The van der Waals surface area contributed by atoms with E-state index in [-0.39, 0.29) is 5.76 Å². The Kier molecular flexibility index (Phi) is 6.30. The molecule has 0 spiro atoms. The number of hydrogen-bond donors (Lipinski definition) is 1. The van der Waals surface area contributed by atoms with Crippen LogP contribution in [0.1, 0.15) is 59.3 Å². The number of hydrogen-bond acceptors (Lipinski definition) is 6. The lowest BCUT2D eigenvalue weighted by molar-refractivity contribution is -0.163. The highest BCUT2D eigenvalue weighted by molar-refractivity contribution is 5.89. The molecule has 0 saturated carbocycles. The van der Waals surface area contributed by atoms with Gasteiger partial charge in [0, 0.05) is 0 Å². The molecule has 23 heavy (non-hydrogen) atoms. The normalized spacial score (nSPS) is 26.7. The van der Waals surface area contributed by atoms with Crippen molar-refractivity contribution in [2.45, 2.75) is 77.3 Å². The number of aliphatic hydroxyl groups is 1. The smallest absolute Gasteiger partial charge is 0.378 e. The molecule has 2 rings (SSSR count). The van der Waals surface area contributed by atoms with Gasteiger partial charge in [0.25, 0.3) is 0 Å². The van der Waals surface area contributed by atoms with Crippen molar-refractivity contribution in [3.05, 3.63) is 11.5 Å². The molecule has 2 heterocycles. The molecule has 0 bridgehead atoms. The van der Waals surface area contributed by atoms with Gasteiger partial charge < -0.3 is 24.1 Å². The van der Waals surface area contributed by atoms with E-state index in [0.29, 0.717) is 13.2 Å². The number of cyclic esters (lactones) is 1. The number of carbonyl (C=O) groups excluding carboxylic acids is 1. The molecular weight excluding hydrogens is 300 g/mol. The lowest BCUT2D eigenvalue weighted by atomic mass is 10.1. The first kappa shape index (κ1) is 18.1. The molecular formula is C17H28O6. The number of esters is 1. The zero-order chi connectivity index (χ0) is 16.9. The summed E-state index contributed by atoms with van der Waals surface area (Å²) in [6.45, 7) is 6.53. The van der Waals surface area contributed by atoms with Crippen LogP contribution in [0.3, 0.4) is 0 Å². The number of unbranched alkanes of at least 4 members (excludes halogenated alkanes) is 5. The lowest BCUT2D eigenvalue weighted by Crippen LogP contribution is -2.33. The predicted molar refractivity (Wildman–Crippen MR) is 83.8 cm³/mol. The van der Waals surface area contributed by atoms with Crippen LogP contribution < -0.4 is 0 Å². The Hall–Kier alpha value is -1.27. The van der Waals surface area contributed by atoms with Crippen molar-refractivity contribution in [3.8, 4) is 0 Å². The molecule has 132 valence electrons. The minimum atomic E-state index is -0.763. The van der Waals surface area contributed by atoms with Crippen molar-refractivity contribution in [1.82, 2.24) is 0 Å². The van der Waals surface area contributed by atoms with E-state index in [4.69, 9.17) is 18.9 Å². The topological polar surface area (TPSA) is 74.2 Å². The molecule has 0 aliphatic carbocycles. The quantitative estimate of drug-likeness (QED) is 0.517. The van der Waals surface area contributed by atoms with Crippen molar-refractivity contribution in [2.24, 2.45) is 0 Å². The first-order chi connectivity index (χ1) is 10.9. The van der Waals surface area contributed by atoms with E-state index in [0.717, 1.165) is 12.8 Å². The monoisotopic (exact) mass is 328 g/mol. The van der Waals surface area contributed by atoms with E-state index >= 15 is 0 Å². The fraction of sp³-hybridized carbons (Fsp3) is 0.824. The molecule has 1 N–H and O–H groups in total. The Morgan fingerprint density at radius 2 is 1.91 bits per heavy atom.